The van der Waals surface area contributed by atoms with Crippen LogP contribution in [-0.4, -0.2) is 66.8 Å². The number of likely N-dealkylation sites (N-methyl/N-ethyl adjacent to an activating group) is 1. The van der Waals surface area contributed by atoms with Crippen molar-refractivity contribution in [2.45, 2.75) is 69.9 Å². The molecule has 0 amide bonds. The van der Waals surface area contributed by atoms with E-state index in [0.29, 0.717) is 31.2 Å². The maximum absolute atomic E-state index is 12.3. The van der Waals surface area contributed by atoms with Crippen molar-refractivity contribution in [3.05, 3.63) is 0 Å². The average Bonchev–Trinajstić information content (AvgIpc) is 2.31. The Bertz CT molecular complexity index is 327. The number of halogens is 3. The molecule has 3 nitrogen and oxygen atoms in total. The standard InChI is InChI=1S/C15H28F3N3/c1-11(2)19-13-6-4-5-7-14(13)20(3)12-8-21(9-12)10-15(16,17)18/h11-14,19H,4-10H2,1-3H3/t13-,14-/m0/s1. The summed E-state index contributed by atoms with van der Waals surface area (Å²) in [6.07, 6.45) is 0.725. The van der Waals surface area contributed by atoms with Crippen LogP contribution in [0.1, 0.15) is 39.5 Å². The molecule has 0 bridgehead atoms. The highest BCUT2D eigenvalue weighted by Crippen LogP contribution is 2.28. The lowest BCUT2D eigenvalue weighted by molar-refractivity contribution is -0.161. The van der Waals surface area contributed by atoms with Crippen molar-refractivity contribution < 1.29 is 13.2 Å². The third-order valence-corrected chi connectivity index (χ3v) is 4.72. The molecule has 2 atom stereocenters. The second kappa shape index (κ2) is 6.84. The van der Waals surface area contributed by atoms with Crippen LogP contribution in [0.15, 0.2) is 0 Å². The van der Waals surface area contributed by atoms with Crippen molar-refractivity contribution in [1.82, 2.24) is 15.1 Å². The molecular weight excluding hydrogens is 279 g/mol. The number of nitrogens with zero attached hydrogens (tertiary/aromatic N) is 2. The largest absolute Gasteiger partial charge is 0.401 e. The maximum Gasteiger partial charge on any atom is 0.401 e. The van der Waals surface area contributed by atoms with Crippen LogP contribution in [0.5, 0.6) is 0 Å². The van der Waals surface area contributed by atoms with Gasteiger partial charge in [-0.15, -0.1) is 0 Å². The lowest BCUT2D eigenvalue weighted by Crippen LogP contribution is -2.65. The molecule has 0 aromatic heterocycles. The summed E-state index contributed by atoms with van der Waals surface area (Å²) in [6, 6.07) is 1.65. The summed E-state index contributed by atoms with van der Waals surface area (Å²) >= 11 is 0. The lowest BCUT2D eigenvalue weighted by Gasteiger charge is -2.50. The number of rotatable bonds is 5. The summed E-state index contributed by atoms with van der Waals surface area (Å²) < 4.78 is 37.0. The first-order chi connectivity index (χ1) is 9.76. The van der Waals surface area contributed by atoms with Crippen LogP contribution in [-0.2, 0) is 0 Å². The predicted molar refractivity (Wildman–Crippen MR) is 78.4 cm³/mol. The molecule has 1 aliphatic heterocycles. The van der Waals surface area contributed by atoms with Gasteiger partial charge in [-0.1, -0.05) is 26.7 Å². The van der Waals surface area contributed by atoms with E-state index in [4.69, 9.17) is 0 Å². The van der Waals surface area contributed by atoms with Crippen molar-refractivity contribution in [1.29, 1.82) is 0 Å². The fourth-order valence-corrected chi connectivity index (χ4v) is 3.67. The molecule has 0 aromatic rings. The van der Waals surface area contributed by atoms with Crippen LogP contribution >= 0.6 is 0 Å². The SMILES string of the molecule is CC(C)N[C@H]1CCCC[C@@H]1N(C)C1CN(CC(F)(F)F)C1. The zero-order valence-electron chi connectivity index (χ0n) is 13.3. The molecule has 6 heteroatoms. The smallest absolute Gasteiger partial charge is 0.310 e. The topological polar surface area (TPSA) is 18.5 Å². The molecule has 124 valence electrons. The summed E-state index contributed by atoms with van der Waals surface area (Å²) in [5.74, 6) is 0. The van der Waals surface area contributed by atoms with Crippen molar-refractivity contribution in [2.75, 3.05) is 26.7 Å². The highest BCUT2D eigenvalue weighted by atomic mass is 19.4. The van der Waals surface area contributed by atoms with Gasteiger partial charge in [0, 0.05) is 37.3 Å². The van der Waals surface area contributed by atoms with E-state index in [0.717, 1.165) is 6.42 Å². The predicted octanol–water partition coefficient (Wildman–Crippen LogP) is 2.47. The van der Waals surface area contributed by atoms with E-state index in [2.05, 4.69) is 31.1 Å². The van der Waals surface area contributed by atoms with E-state index < -0.39 is 12.7 Å². The normalized spacial score (nSPS) is 29.1. The van der Waals surface area contributed by atoms with E-state index in [1.54, 1.807) is 0 Å². The van der Waals surface area contributed by atoms with Gasteiger partial charge in [-0.3, -0.25) is 9.80 Å². The number of alkyl halides is 3. The van der Waals surface area contributed by atoms with Gasteiger partial charge in [0.2, 0.25) is 0 Å². The summed E-state index contributed by atoms with van der Waals surface area (Å²) in [6.45, 7) is 4.62. The Kier molecular flexibility index (Phi) is 5.54. The van der Waals surface area contributed by atoms with Crippen molar-refractivity contribution in [3.63, 3.8) is 0 Å². The number of likely N-dealkylation sites (tertiary alicyclic amines) is 1. The van der Waals surface area contributed by atoms with Gasteiger partial charge in [-0.05, 0) is 19.9 Å². The minimum absolute atomic E-state index is 0.270. The van der Waals surface area contributed by atoms with E-state index in [9.17, 15) is 13.2 Å². The minimum atomic E-state index is -4.07. The fourth-order valence-electron chi connectivity index (χ4n) is 3.67. The first-order valence-electron chi connectivity index (χ1n) is 8.03. The molecule has 1 heterocycles. The van der Waals surface area contributed by atoms with E-state index >= 15 is 0 Å². The van der Waals surface area contributed by atoms with Crippen LogP contribution in [0.2, 0.25) is 0 Å². The van der Waals surface area contributed by atoms with Gasteiger partial charge in [-0.25, -0.2) is 0 Å². The molecule has 2 fully saturated rings. The van der Waals surface area contributed by atoms with Crippen LogP contribution < -0.4 is 5.32 Å². The molecule has 21 heavy (non-hydrogen) atoms. The van der Waals surface area contributed by atoms with Crippen LogP contribution in [0.25, 0.3) is 0 Å². The maximum atomic E-state index is 12.3. The van der Waals surface area contributed by atoms with Crippen molar-refractivity contribution >= 4 is 0 Å². The Morgan fingerprint density at radius 1 is 1.19 bits per heavy atom. The summed E-state index contributed by atoms with van der Waals surface area (Å²) in [5, 5.41) is 3.63. The minimum Gasteiger partial charge on any atom is -0.310 e. The highest BCUT2D eigenvalue weighted by Gasteiger charge is 2.41. The second-order valence-corrected chi connectivity index (χ2v) is 6.91. The molecular formula is C15H28F3N3. The third kappa shape index (κ3) is 4.83. The Morgan fingerprint density at radius 3 is 2.38 bits per heavy atom. The quantitative estimate of drug-likeness (QED) is 0.842. The highest BCUT2D eigenvalue weighted by molar-refractivity contribution is 4.95. The molecule has 0 aromatic carbocycles. The summed E-state index contributed by atoms with van der Waals surface area (Å²) in [7, 11) is 2.08. The molecule has 1 aliphatic carbocycles. The van der Waals surface area contributed by atoms with Crippen molar-refractivity contribution in [2.24, 2.45) is 0 Å². The Labute approximate surface area is 125 Å². The molecule has 2 rings (SSSR count). The molecule has 0 spiro atoms. The third-order valence-electron chi connectivity index (χ3n) is 4.72. The van der Waals surface area contributed by atoms with E-state index in [-0.39, 0.29) is 6.04 Å². The monoisotopic (exact) mass is 307 g/mol. The van der Waals surface area contributed by atoms with Gasteiger partial charge < -0.3 is 5.32 Å². The van der Waals surface area contributed by atoms with Gasteiger partial charge in [0.1, 0.15) is 0 Å². The second-order valence-electron chi connectivity index (χ2n) is 6.91. The first-order valence-corrected chi connectivity index (χ1v) is 8.03. The summed E-state index contributed by atoms with van der Waals surface area (Å²) in [4.78, 5) is 3.82. The van der Waals surface area contributed by atoms with Gasteiger partial charge in [0.15, 0.2) is 0 Å². The van der Waals surface area contributed by atoms with Crippen molar-refractivity contribution in [3.8, 4) is 0 Å². The van der Waals surface area contributed by atoms with E-state index in [1.165, 1.54) is 24.2 Å². The molecule has 1 saturated heterocycles. The average molecular weight is 307 g/mol. The van der Waals surface area contributed by atoms with Gasteiger partial charge in [0.25, 0.3) is 0 Å². The van der Waals surface area contributed by atoms with Crippen LogP contribution in [0.3, 0.4) is 0 Å². The fraction of sp³-hybridized carbons (Fsp3) is 1.00. The number of hydrogen-bond donors (Lipinski definition) is 1. The zero-order valence-corrected chi connectivity index (χ0v) is 13.3. The van der Waals surface area contributed by atoms with Gasteiger partial charge >= 0.3 is 6.18 Å². The van der Waals surface area contributed by atoms with Crippen LogP contribution in [0, 0.1) is 0 Å². The molecule has 1 N–H and O–H groups in total. The Balaban J connectivity index is 1.83. The molecule has 0 radical (unpaired) electrons. The molecule has 2 aliphatic rings. The Hall–Kier alpha value is -0.330. The first kappa shape index (κ1) is 17.0. The van der Waals surface area contributed by atoms with Gasteiger partial charge in [0.05, 0.1) is 6.54 Å². The van der Waals surface area contributed by atoms with Gasteiger partial charge in [-0.2, -0.15) is 13.2 Å². The number of nitrogens with one attached hydrogen (secondary N) is 1. The molecule has 1 saturated carbocycles. The van der Waals surface area contributed by atoms with E-state index in [1.807, 2.05) is 0 Å². The van der Waals surface area contributed by atoms with Crippen LogP contribution in [0.4, 0.5) is 13.2 Å². The molecule has 0 unspecified atom stereocenters. The Morgan fingerprint density at radius 2 is 1.81 bits per heavy atom. The summed E-state index contributed by atoms with van der Waals surface area (Å²) in [5.41, 5.74) is 0. The number of hydrogen-bond acceptors (Lipinski definition) is 3. The lowest BCUT2D eigenvalue weighted by atomic mass is 9.87. The zero-order chi connectivity index (χ0) is 15.6.